The number of aromatic nitrogens is 2. The van der Waals surface area contributed by atoms with Crippen molar-refractivity contribution >= 4 is 11.7 Å². The first-order valence-electron chi connectivity index (χ1n) is 10.1. The van der Waals surface area contributed by atoms with Gasteiger partial charge in [-0.1, -0.05) is 55.5 Å². The molecule has 0 saturated heterocycles. The van der Waals surface area contributed by atoms with Gasteiger partial charge in [0.2, 0.25) is 0 Å². The number of benzene rings is 2. The van der Waals surface area contributed by atoms with Crippen molar-refractivity contribution in [1.82, 2.24) is 14.7 Å². The zero-order valence-corrected chi connectivity index (χ0v) is 18.0. The summed E-state index contributed by atoms with van der Waals surface area (Å²) in [4.78, 5) is 17.4. The van der Waals surface area contributed by atoms with Crippen molar-refractivity contribution in [2.24, 2.45) is 7.05 Å². The molecule has 3 aromatic rings. The van der Waals surface area contributed by atoms with Crippen molar-refractivity contribution in [3.05, 3.63) is 71.8 Å². The average Bonchev–Trinajstić information content (AvgIpc) is 3.08. The van der Waals surface area contributed by atoms with E-state index in [0.717, 1.165) is 29.1 Å². The fourth-order valence-electron chi connectivity index (χ4n) is 3.66. The van der Waals surface area contributed by atoms with Gasteiger partial charge in [0, 0.05) is 43.9 Å². The van der Waals surface area contributed by atoms with Gasteiger partial charge in [-0.15, -0.1) is 0 Å². The summed E-state index contributed by atoms with van der Waals surface area (Å²) in [5.74, 6) is 1.06. The number of aryl methyl sites for hydroxylation is 1. The SMILES string of the molecule is CC[C@H](C)N(Cc1c(-c2ccccc2)nn(C)c1N(C)C)C(=O)c1ccccc1. The first-order valence-corrected chi connectivity index (χ1v) is 10.1. The second-order valence-electron chi connectivity index (χ2n) is 7.59. The maximum absolute atomic E-state index is 13.4. The second kappa shape index (κ2) is 8.95. The van der Waals surface area contributed by atoms with Crippen LogP contribution in [0.1, 0.15) is 36.2 Å². The first kappa shape index (κ1) is 20.6. The van der Waals surface area contributed by atoms with Crippen LogP contribution in [-0.2, 0) is 13.6 Å². The predicted molar refractivity (Wildman–Crippen MR) is 119 cm³/mol. The summed E-state index contributed by atoms with van der Waals surface area (Å²) in [5, 5.41) is 4.81. The molecule has 152 valence electrons. The first-order chi connectivity index (χ1) is 13.9. The summed E-state index contributed by atoms with van der Waals surface area (Å²) < 4.78 is 1.90. The molecule has 0 bridgehead atoms. The molecule has 0 aliphatic rings. The van der Waals surface area contributed by atoms with Crippen LogP contribution < -0.4 is 4.90 Å². The molecule has 0 fully saturated rings. The normalized spacial score (nSPS) is 11.9. The van der Waals surface area contributed by atoms with Crippen LogP contribution in [0, 0.1) is 0 Å². The lowest BCUT2D eigenvalue weighted by Crippen LogP contribution is -2.38. The Hall–Kier alpha value is -3.08. The van der Waals surface area contributed by atoms with Gasteiger partial charge in [-0.3, -0.25) is 9.48 Å². The van der Waals surface area contributed by atoms with Gasteiger partial charge in [-0.25, -0.2) is 0 Å². The fraction of sp³-hybridized carbons (Fsp3) is 0.333. The highest BCUT2D eigenvalue weighted by Crippen LogP contribution is 2.32. The molecule has 5 heteroatoms. The van der Waals surface area contributed by atoms with Gasteiger partial charge in [0.15, 0.2) is 0 Å². The zero-order chi connectivity index (χ0) is 21.0. The van der Waals surface area contributed by atoms with Crippen LogP contribution in [0.4, 0.5) is 5.82 Å². The number of carbonyl (C=O) groups is 1. The summed E-state index contributed by atoms with van der Waals surface area (Å²) in [6.07, 6.45) is 0.886. The van der Waals surface area contributed by atoms with E-state index in [1.807, 2.05) is 79.3 Å². The molecule has 3 rings (SSSR count). The topological polar surface area (TPSA) is 41.4 Å². The van der Waals surface area contributed by atoms with Gasteiger partial charge in [0.1, 0.15) is 5.82 Å². The van der Waals surface area contributed by atoms with Gasteiger partial charge in [0.25, 0.3) is 5.91 Å². The lowest BCUT2D eigenvalue weighted by Gasteiger charge is -2.30. The molecule has 29 heavy (non-hydrogen) atoms. The standard InChI is InChI=1S/C24H30N4O/c1-6-18(2)28(24(29)20-15-11-8-12-16-20)17-21-22(19-13-9-7-10-14-19)25-27(5)23(21)26(3)4/h7-16,18H,6,17H2,1-5H3/t18-/m0/s1. The van der Waals surface area contributed by atoms with E-state index in [1.54, 1.807) is 0 Å². The number of carbonyl (C=O) groups excluding carboxylic acids is 1. The van der Waals surface area contributed by atoms with Crippen LogP contribution in [0.15, 0.2) is 60.7 Å². The molecule has 1 heterocycles. The number of nitrogens with zero attached hydrogens (tertiary/aromatic N) is 4. The van der Waals surface area contributed by atoms with E-state index in [9.17, 15) is 4.79 Å². The van der Waals surface area contributed by atoms with E-state index in [-0.39, 0.29) is 11.9 Å². The highest BCUT2D eigenvalue weighted by Gasteiger charge is 2.26. The van der Waals surface area contributed by atoms with Crippen LogP contribution in [0.5, 0.6) is 0 Å². The number of hydrogen-bond donors (Lipinski definition) is 0. The van der Waals surface area contributed by atoms with E-state index in [1.165, 1.54) is 0 Å². The van der Waals surface area contributed by atoms with E-state index in [0.29, 0.717) is 12.1 Å². The predicted octanol–water partition coefficient (Wildman–Crippen LogP) is 4.59. The van der Waals surface area contributed by atoms with Crippen LogP contribution in [0.25, 0.3) is 11.3 Å². The van der Waals surface area contributed by atoms with E-state index < -0.39 is 0 Å². The van der Waals surface area contributed by atoms with Crippen molar-refractivity contribution in [1.29, 1.82) is 0 Å². The van der Waals surface area contributed by atoms with Crippen LogP contribution in [0.2, 0.25) is 0 Å². The lowest BCUT2D eigenvalue weighted by molar-refractivity contribution is 0.0672. The van der Waals surface area contributed by atoms with Crippen molar-refractivity contribution in [2.75, 3.05) is 19.0 Å². The molecule has 0 aliphatic heterocycles. The minimum atomic E-state index is 0.0486. The Kier molecular flexibility index (Phi) is 6.37. The molecular formula is C24H30N4O. The number of rotatable bonds is 7. The molecule has 0 aliphatic carbocycles. The van der Waals surface area contributed by atoms with Crippen LogP contribution in [0.3, 0.4) is 0 Å². The molecular weight excluding hydrogens is 360 g/mol. The van der Waals surface area contributed by atoms with Crippen LogP contribution in [-0.4, -0.2) is 40.7 Å². The Labute approximate surface area is 173 Å². The summed E-state index contributed by atoms with van der Waals surface area (Å²) >= 11 is 0. The zero-order valence-electron chi connectivity index (χ0n) is 18.0. The molecule has 1 amide bonds. The molecule has 0 radical (unpaired) electrons. The monoisotopic (exact) mass is 390 g/mol. The Balaban J connectivity index is 2.08. The minimum Gasteiger partial charge on any atom is -0.363 e. The summed E-state index contributed by atoms with van der Waals surface area (Å²) in [7, 11) is 5.99. The van der Waals surface area contributed by atoms with Crippen molar-refractivity contribution in [3.8, 4) is 11.3 Å². The number of hydrogen-bond acceptors (Lipinski definition) is 3. The molecule has 0 N–H and O–H groups in total. The van der Waals surface area contributed by atoms with Crippen molar-refractivity contribution < 1.29 is 4.79 Å². The molecule has 0 unspecified atom stereocenters. The smallest absolute Gasteiger partial charge is 0.254 e. The third-order valence-corrected chi connectivity index (χ3v) is 5.32. The quantitative estimate of drug-likeness (QED) is 0.592. The Morgan fingerprint density at radius 3 is 2.17 bits per heavy atom. The third-order valence-electron chi connectivity index (χ3n) is 5.32. The van der Waals surface area contributed by atoms with Gasteiger partial charge >= 0.3 is 0 Å². The highest BCUT2D eigenvalue weighted by atomic mass is 16.2. The largest absolute Gasteiger partial charge is 0.363 e. The molecule has 0 spiro atoms. The summed E-state index contributed by atoms with van der Waals surface area (Å²) in [6, 6.07) is 19.8. The second-order valence-corrected chi connectivity index (χ2v) is 7.59. The van der Waals surface area contributed by atoms with Gasteiger partial charge in [-0.05, 0) is 25.5 Å². The van der Waals surface area contributed by atoms with E-state index in [2.05, 4.69) is 30.9 Å². The van der Waals surface area contributed by atoms with Crippen molar-refractivity contribution in [2.45, 2.75) is 32.9 Å². The van der Waals surface area contributed by atoms with E-state index >= 15 is 0 Å². The fourth-order valence-corrected chi connectivity index (χ4v) is 3.66. The third kappa shape index (κ3) is 4.34. The molecule has 2 aromatic carbocycles. The Morgan fingerprint density at radius 2 is 1.62 bits per heavy atom. The number of amides is 1. The number of anilines is 1. The van der Waals surface area contributed by atoms with E-state index in [4.69, 9.17) is 5.10 Å². The minimum absolute atomic E-state index is 0.0486. The summed E-state index contributed by atoms with van der Waals surface area (Å²) in [5.41, 5.74) is 3.76. The Morgan fingerprint density at radius 1 is 1.03 bits per heavy atom. The van der Waals surface area contributed by atoms with Gasteiger partial charge in [0.05, 0.1) is 12.2 Å². The molecule has 1 aromatic heterocycles. The van der Waals surface area contributed by atoms with Crippen LogP contribution >= 0.6 is 0 Å². The Bertz CT molecular complexity index is 948. The maximum Gasteiger partial charge on any atom is 0.254 e. The molecule has 1 atom stereocenters. The maximum atomic E-state index is 13.4. The summed E-state index contributed by atoms with van der Waals surface area (Å²) in [6.45, 7) is 4.73. The van der Waals surface area contributed by atoms with Crippen molar-refractivity contribution in [3.63, 3.8) is 0 Å². The molecule has 5 nitrogen and oxygen atoms in total. The van der Waals surface area contributed by atoms with Gasteiger partial charge in [-0.2, -0.15) is 5.10 Å². The van der Waals surface area contributed by atoms with Gasteiger partial charge < -0.3 is 9.80 Å². The molecule has 0 saturated carbocycles. The average molecular weight is 391 g/mol. The lowest BCUT2D eigenvalue weighted by atomic mass is 10.0. The highest BCUT2D eigenvalue weighted by molar-refractivity contribution is 5.94.